The lowest BCUT2D eigenvalue weighted by Crippen LogP contribution is -2.27. The zero-order valence-corrected chi connectivity index (χ0v) is 12.4. The second-order valence-corrected chi connectivity index (χ2v) is 4.96. The quantitative estimate of drug-likeness (QED) is 0.910. The van der Waals surface area contributed by atoms with Gasteiger partial charge in [0.1, 0.15) is 0 Å². The molecule has 0 aliphatic heterocycles. The standard InChI is InChI=1S/C15H15ClFN3O/c1-9(10-4-3-5-11(16)8-10)20-15(21)12-6-7-19-14(18-2)13(12)17/h3-9H,1-2H3,(H,18,19)(H,20,21). The largest absolute Gasteiger partial charge is 0.371 e. The van der Waals surface area contributed by atoms with E-state index >= 15 is 0 Å². The molecule has 0 bridgehead atoms. The first-order valence-electron chi connectivity index (χ1n) is 6.41. The second-order valence-electron chi connectivity index (χ2n) is 4.52. The number of halogens is 2. The van der Waals surface area contributed by atoms with Crippen LogP contribution in [0.1, 0.15) is 28.9 Å². The Kier molecular flexibility index (Phi) is 4.75. The molecule has 2 N–H and O–H groups in total. The van der Waals surface area contributed by atoms with Gasteiger partial charge < -0.3 is 10.6 Å². The van der Waals surface area contributed by atoms with Crippen molar-refractivity contribution in [3.8, 4) is 0 Å². The Labute approximate surface area is 127 Å². The predicted octanol–water partition coefficient (Wildman–Crippen LogP) is 3.41. The van der Waals surface area contributed by atoms with Crippen LogP contribution in [0, 0.1) is 5.82 Å². The van der Waals surface area contributed by atoms with Crippen molar-refractivity contribution in [1.82, 2.24) is 10.3 Å². The average molecular weight is 308 g/mol. The molecule has 6 heteroatoms. The predicted molar refractivity (Wildman–Crippen MR) is 81.1 cm³/mol. The van der Waals surface area contributed by atoms with Crippen molar-refractivity contribution in [2.24, 2.45) is 0 Å². The van der Waals surface area contributed by atoms with E-state index in [1.165, 1.54) is 12.3 Å². The number of nitrogens with one attached hydrogen (secondary N) is 2. The van der Waals surface area contributed by atoms with Crippen LogP contribution in [0.3, 0.4) is 0 Å². The Balaban J connectivity index is 2.18. The normalized spacial score (nSPS) is 11.8. The van der Waals surface area contributed by atoms with Gasteiger partial charge in [-0.2, -0.15) is 0 Å². The van der Waals surface area contributed by atoms with Gasteiger partial charge in [0.15, 0.2) is 11.6 Å². The van der Waals surface area contributed by atoms with Crippen LogP contribution in [0.15, 0.2) is 36.5 Å². The van der Waals surface area contributed by atoms with E-state index < -0.39 is 11.7 Å². The number of rotatable bonds is 4. The van der Waals surface area contributed by atoms with Crippen molar-refractivity contribution in [3.05, 3.63) is 58.5 Å². The topological polar surface area (TPSA) is 54.0 Å². The minimum atomic E-state index is -0.671. The number of benzene rings is 1. The van der Waals surface area contributed by atoms with Crippen molar-refractivity contribution in [2.75, 3.05) is 12.4 Å². The number of aromatic nitrogens is 1. The molecule has 2 rings (SSSR count). The smallest absolute Gasteiger partial charge is 0.254 e. The number of carbonyl (C=O) groups is 1. The van der Waals surface area contributed by atoms with Gasteiger partial charge in [0.05, 0.1) is 11.6 Å². The Morgan fingerprint density at radius 1 is 1.38 bits per heavy atom. The zero-order valence-electron chi connectivity index (χ0n) is 11.7. The lowest BCUT2D eigenvalue weighted by molar-refractivity contribution is 0.0936. The van der Waals surface area contributed by atoms with Gasteiger partial charge in [-0.3, -0.25) is 4.79 Å². The minimum Gasteiger partial charge on any atom is -0.371 e. The third kappa shape index (κ3) is 3.49. The first kappa shape index (κ1) is 15.3. The van der Waals surface area contributed by atoms with Gasteiger partial charge in [-0.05, 0) is 30.7 Å². The van der Waals surface area contributed by atoms with Gasteiger partial charge in [-0.1, -0.05) is 23.7 Å². The number of carbonyl (C=O) groups excluding carboxylic acids is 1. The highest BCUT2D eigenvalue weighted by Crippen LogP contribution is 2.19. The summed E-state index contributed by atoms with van der Waals surface area (Å²) in [6.45, 7) is 1.81. The maximum atomic E-state index is 14.0. The fourth-order valence-electron chi connectivity index (χ4n) is 1.93. The molecule has 1 aromatic carbocycles. The van der Waals surface area contributed by atoms with E-state index in [9.17, 15) is 9.18 Å². The number of pyridine rings is 1. The van der Waals surface area contributed by atoms with E-state index in [1.54, 1.807) is 25.2 Å². The summed E-state index contributed by atoms with van der Waals surface area (Å²) in [5, 5.41) is 5.92. The first-order chi connectivity index (χ1) is 10.0. The number of nitrogens with zero attached hydrogens (tertiary/aromatic N) is 1. The summed E-state index contributed by atoms with van der Waals surface area (Å²) in [6.07, 6.45) is 1.38. The lowest BCUT2D eigenvalue weighted by atomic mass is 10.1. The number of anilines is 1. The maximum absolute atomic E-state index is 14.0. The Morgan fingerprint density at radius 2 is 2.14 bits per heavy atom. The second kappa shape index (κ2) is 6.54. The molecule has 110 valence electrons. The summed E-state index contributed by atoms with van der Waals surface area (Å²) in [5.41, 5.74) is 0.794. The molecule has 0 saturated carbocycles. The van der Waals surface area contributed by atoms with Crippen molar-refractivity contribution in [2.45, 2.75) is 13.0 Å². The van der Waals surface area contributed by atoms with Gasteiger partial charge in [0.2, 0.25) is 0 Å². The molecule has 4 nitrogen and oxygen atoms in total. The molecule has 1 aromatic heterocycles. The summed E-state index contributed by atoms with van der Waals surface area (Å²) in [4.78, 5) is 16.0. The van der Waals surface area contributed by atoms with Gasteiger partial charge in [-0.25, -0.2) is 9.37 Å². The molecule has 21 heavy (non-hydrogen) atoms. The molecule has 0 saturated heterocycles. The molecule has 0 aliphatic carbocycles. The third-order valence-corrected chi connectivity index (χ3v) is 3.30. The summed E-state index contributed by atoms with van der Waals surface area (Å²) in [5.74, 6) is -1.13. The van der Waals surface area contributed by atoms with Gasteiger partial charge in [0, 0.05) is 18.3 Å². The van der Waals surface area contributed by atoms with Gasteiger partial charge >= 0.3 is 0 Å². The van der Waals surface area contributed by atoms with E-state index in [-0.39, 0.29) is 17.4 Å². The van der Waals surface area contributed by atoms with Crippen LogP contribution in [-0.4, -0.2) is 17.9 Å². The van der Waals surface area contributed by atoms with Crippen molar-refractivity contribution < 1.29 is 9.18 Å². The van der Waals surface area contributed by atoms with Crippen molar-refractivity contribution >= 4 is 23.3 Å². The van der Waals surface area contributed by atoms with Crippen LogP contribution in [-0.2, 0) is 0 Å². The number of amides is 1. The Bertz CT molecular complexity index is 663. The molecule has 1 unspecified atom stereocenters. The van der Waals surface area contributed by atoms with E-state index in [2.05, 4.69) is 15.6 Å². The molecule has 1 amide bonds. The Hall–Kier alpha value is -2.14. The summed E-state index contributed by atoms with van der Waals surface area (Å²) in [7, 11) is 1.54. The SMILES string of the molecule is CNc1nccc(C(=O)NC(C)c2cccc(Cl)c2)c1F. The fraction of sp³-hybridized carbons (Fsp3) is 0.200. The van der Waals surface area contributed by atoms with Crippen LogP contribution in [0.2, 0.25) is 5.02 Å². The first-order valence-corrected chi connectivity index (χ1v) is 6.79. The van der Waals surface area contributed by atoms with Crippen molar-refractivity contribution in [3.63, 3.8) is 0 Å². The Morgan fingerprint density at radius 3 is 2.81 bits per heavy atom. The van der Waals surface area contributed by atoms with Gasteiger partial charge in [0.25, 0.3) is 5.91 Å². The molecule has 0 fully saturated rings. The minimum absolute atomic E-state index is 0.0399. The molecule has 2 aromatic rings. The monoisotopic (exact) mass is 307 g/mol. The van der Waals surface area contributed by atoms with Crippen LogP contribution in [0.25, 0.3) is 0 Å². The highest BCUT2D eigenvalue weighted by molar-refractivity contribution is 6.30. The molecule has 0 spiro atoms. The van der Waals surface area contributed by atoms with E-state index in [1.807, 2.05) is 13.0 Å². The third-order valence-electron chi connectivity index (χ3n) is 3.07. The summed E-state index contributed by atoms with van der Waals surface area (Å²) in [6, 6.07) is 8.21. The van der Waals surface area contributed by atoms with E-state index in [4.69, 9.17) is 11.6 Å². The highest BCUT2D eigenvalue weighted by Gasteiger charge is 2.17. The average Bonchev–Trinajstić information content (AvgIpc) is 2.47. The summed E-state index contributed by atoms with van der Waals surface area (Å²) < 4.78 is 14.0. The molecule has 1 heterocycles. The van der Waals surface area contributed by atoms with E-state index in [0.29, 0.717) is 5.02 Å². The lowest BCUT2D eigenvalue weighted by Gasteiger charge is -2.15. The molecule has 1 atom stereocenters. The van der Waals surface area contributed by atoms with Crippen LogP contribution in [0.5, 0.6) is 0 Å². The number of hydrogen-bond donors (Lipinski definition) is 2. The van der Waals surface area contributed by atoms with Gasteiger partial charge in [-0.15, -0.1) is 0 Å². The zero-order chi connectivity index (χ0) is 15.4. The molecular weight excluding hydrogens is 293 g/mol. The van der Waals surface area contributed by atoms with Crippen LogP contribution >= 0.6 is 11.6 Å². The fourth-order valence-corrected chi connectivity index (χ4v) is 2.13. The van der Waals surface area contributed by atoms with Crippen molar-refractivity contribution in [1.29, 1.82) is 0 Å². The maximum Gasteiger partial charge on any atom is 0.254 e. The van der Waals surface area contributed by atoms with E-state index in [0.717, 1.165) is 5.56 Å². The summed E-state index contributed by atoms with van der Waals surface area (Å²) >= 11 is 5.92. The van der Waals surface area contributed by atoms with Crippen LogP contribution in [0.4, 0.5) is 10.2 Å². The molecule has 0 aliphatic rings. The molecular formula is C15H15ClFN3O. The highest BCUT2D eigenvalue weighted by atomic mass is 35.5. The molecule has 0 radical (unpaired) electrons. The number of hydrogen-bond acceptors (Lipinski definition) is 3. The van der Waals surface area contributed by atoms with Crippen LogP contribution < -0.4 is 10.6 Å².